The first kappa shape index (κ1) is 14.0. The van der Waals surface area contributed by atoms with E-state index in [0.29, 0.717) is 6.61 Å². The van der Waals surface area contributed by atoms with E-state index in [9.17, 15) is 0 Å². The van der Waals surface area contributed by atoms with Crippen molar-refractivity contribution in [3.05, 3.63) is 46.4 Å². The van der Waals surface area contributed by atoms with Crippen LogP contribution < -0.4 is 16.0 Å². The van der Waals surface area contributed by atoms with E-state index in [4.69, 9.17) is 10.6 Å². The van der Waals surface area contributed by atoms with Crippen LogP contribution in [0.1, 0.15) is 17.1 Å². The van der Waals surface area contributed by atoms with Gasteiger partial charge in [-0.2, -0.15) is 0 Å². The third kappa shape index (κ3) is 4.63. The van der Waals surface area contributed by atoms with Crippen LogP contribution in [0, 0.1) is 6.92 Å². The van der Waals surface area contributed by atoms with E-state index in [-0.39, 0.29) is 6.04 Å². The number of hydrogen-bond acceptors (Lipinski definition) is 5. The molecule has 0 aliphatic rings. The smallest absolute Gasteiger partial charge is 0.119 e. The maximum absolute atomic E-state index is 5.67. The lowest BCUT2D eigenvalue weighted by Crippen LogP contribution is -2.38. The average molecular weight is 277 g/mol. The Balaban J connectivity index is 1.76. The predicted octanol–water partition coefficient (Wildman–Crippen LogP) is 2.30. The molecule has 1 aromatic heterocycles. The Morgan fingerprint density at radius 3 is 2.79 bits per heavy atom. The minimum Gasteiger partial charge on any atom is -0.494 e. The fraction of sp³-hybridized carbons (Fsp3) is 0.357. The molecule has 102 valence electrons. The molecule has 0 radical (unpaired) electrons. The Bertz CT molecular complexity index is 486. The van der Waals surface area contributed by atoms with E-state index in [2.05, 4.69) is 15.8 Å². The second-order valence-electron chi connectivity index (χ2n) is 4.38. The SMILES string of the molecule is Cc1nc(CC(CCOc2ccccc2)NN)cs1. The topological polar surface area (TPSA) is 60.2 Å². The van der Waals surface area contributed by atoms with Crippen molar-refractivity contribution < 1.29 is 4.74 Å². The first-order chi connectivity index (χ1) is 9.28. The minimum absolute atomic E-state index is 0.185. The molecular weight excluding hydrogens is 258 g/mol. The number of nitrogens with zero attached hydrogens (tertiary/aromatic N) is 1. The normalized spacial score (nSPS) is 12.3. The summed E-state index contributed by atoms with van der Waals surface area (Å²) in [5.41, 5.74) is 3.92. The molecule has 2 aromatic rings. The number of hydrazine groups is 1. The standard InChI is InChI=1S/C14H19N3OS/c1-11-16-13(10-19-11)9-12(17-15)7-8-18-14-5-3-2-4-6-14/h2-6,10,12,17H,7-9,15H2,1H3. The fourth-order valence-electron chi connectivity index (χ4n) is 1.83. The van der Waals surface area contributed by atoms with Crippen LogP contribution >= 0.6 is 11.3 Å². The summed E-state index contributed by atoms with van der Waals surface area (Å²) in [6.45, 7) is 2.65. The molecule has 19 heavy (non-hydrogen) atoms. The maximum Gasteiger partial charge on any atom is 0.119 e. The molecule has 0 amide bonds. The van der Waals surface area contributed by atoms with Gasteiger partial charge in [-0.05, 0) is 25.5 Å². The van der Waals surface area contributed by atoms with Crippen molar-refractivity contribution in [1.82, 2.24) is 10.4 Å². The molecule has 1 atom stereocenters. The van der Waals surface area contributed by atoms with E-state index in [0.717, 1.165) is 29.3 Å². The molecule has 1 heterocycles. The van der Waals surface area contributed by atoms with E-state index in [1.807, 2.05) is 37.3 Å². The number of nitrogens with two attached hydrogens (primary N) is 1. The molecule has 0 saturated carbocycles. The van der Waals surface area contributed by atoms with Gasteiger partial charge in [-0.25, -0.2) is 4.98 Å². The zero-order valence-corrected chi connectivity index (χ0v) is 11.8. The average Bonchev–Trinajstić information content (AvgIpc) is 2.84. The van der Waals surface area contributed by atoms with Gasteiger partial charge in [0.2, 0.25) is 0 Å². The Hall–Kier alpha value is -1.43. The Kier molecular flexibility index (Phi) is 5.32. The van der Waals surface area contributed by atoms with Crippen LogP contribution in [0.15, 0.2) is 35.7 Å². The number of aromatic nitrogens is 1. The summed E-state index contributed by atoms with van der Waals surface area (Å²) >= 11 is 1.67. The molecule has 0 saturated heterocycles. The quantitative estimate of drug-likeness (QED) is 0.602. The van der Waals surface area contributed by atoms with Crippen molar-refractivity contribution in [3.8, 4) is 5.75 Å². The van der Waals surface area contributed by atoms with Crippen LogP contribution in [0.2, 0.25) is 0 Å². The molecule has 0 bridgehead atoms. The molecule has 1 unspecified atom stereocenters. The molecule has 0 aliphatic heterocycles. The molecule has 0 aliphatic carbocycles. The largest absolute Gasteiger partial charge is 0.494 e. The summed E-state index contributed by atoms with van der Waals surface area (Å²) in [4.78, 5) is 4.45. The lowest BCUT2D eigenvalue weighted by molar-refractivity contribution is 0.285. The van der Waals surface area contributed by atoms with Gasteiger partial charge in [-0.1, -0.05) is 18.2 Å². The summed E-state index contributed by atoms with van der Waals surface area (Å²) in [6, 6.07) is 9.99. The number of rotatable bonds is 7. The number of ether oxygens (including phenoxy) is 1. The Labute approximate surface area is 117 Å². The molecule has 4 nitrogen and oxygen atoms in total. The summed E-state index contributed by atoms with van der Waals surface area (Å²) < 4.78 is 5.67. The van der Waals surface area contributed by atoms with Crippen molar-refractivity contribution in [2.24, 2.45) is 5.84 Å². The third-order valence-electron chi connectivity index (χ3n) is 2.84. The van der Waals surface area contributed by atoms with Crippen LogP contribution in [-0.2, 0) is 6.42 Å². The highest BCUT2D eigenvalue weighted by atomic mass is 32.1. The van der Waals surface area contributed by atoms with Gasteiger partial charge in [0.25, 0.3) is 0 Å². The number of thiazole rings is 1. The van der Waals surface area contributed by atoms with Gasteiger partial charge in [-0.15, -0.1) is 11.3 Å². The second kappa shape index (κ2) is 7.23. The van der Waals surface area contributed by atoms with Crippen molar-refractivity contribution >= 4 is 11.3 Å². The van der Waals surface area contributed by atoms with Crippen molar-refractivity contribution in [2.45, 2.75) is 25.8 Å². The van der Waals surface area contributed by atoms with E-state index >= 15 is 0 Å². The van der Waals surface area contributed by atoms with Gasteiger partial charge in [0.1, 0.15) is 5.75 Å². The van der Waals surface area contributed by atoms with Crippen molar-refractivity contribution in [1.29, 1.82) is 0 Å². The maximum atomic E-state index is 5.67. The number of benzene rings is 1. The van der Waals surface area contributed by atoms with Crippen LogP contribution in [0.4, 0.5) is 0 Å². The van der Waals surface area contributed by atoms with Crippen LogP contribution in [0.25, 0.3) is 0 Å². The number of para-hydroxylation sites is 1. The lowest BCUT2D eigenvalue weighted by atomic mass is 10.1. The molecule has 3 N–H and O–H groups in total. The zero-order valence-electron chi connectivity index (χ0n) is 11.0. The number of hydrogen-bond donors (Lipinski definition) is 2. The first-order valence-electron chi connectivity index (χ1n) is 6.33. The van der Waals surface area contributed by atoms with Crippen LogP contribution in [0.3, 0.4) is 0 Å². The van der Waals surface area contributed by atoms with Crippen LogP contribution in [-0.4, -0.2) is 17.6 Å². The highest BCUT2D eigenvalue weighted by Gasteiger charge is 2.10. The van der Waals surface area contributed by atoms with E-state index in [1.165, 1.54) is 0 Å². The van der Waals surface area contributed by atoms with Crippen molar-refractivity contribution in [2.75, 3.05) is 6.61 Å². The highest BCUT2D eigenvalue weighted by Crippen LogP contribution is 2.12. The Morgan fingerprint density at radius 1 is 1.37 bits per heavy atom. The zero-order chi connectivity index (χ0) is 13.5. The minimum atomic E-state index is 0.185. The molecule has 0 fully saturated rings. The van der Waals surface area contributed by atoms with Crippen LogP contribution in [0.5, 0.6) is 5.75 Å². The van der Waals surface area contributed by atoms with E-state index < -0.39 is 0 Å². The third-order valence-corrected chi connectivity index (χ3v) is 3.66. The molecule has 1 aromatic carbocycles. The molecule has 2 rings (SSSR count). The molecule has 0 spiro atoms. The monoisotopic (exact) mass is 277 g/mol. The highest BCUT2D eigenvalue weighted by molar-refractivity contribution is 7.09. The van der Waals surface area contributed by atoms with E-state index in [1.54, 1.807) is 11.3 Å². The summed E-state index contributed by atoms with van der Waals surface area (Å²) in [5.74, 6) is 6.47. The number of aryl methyl sites for hydroxylation is 1. The molecular formula is C14H19N3OS. The second-order valence-corrected chi connectivity index (χ2v) is 5.44. The predicted molar refractivity (Wildman–Crippen MR) is 78.2 cm³/mol. The summed E-state index contributed by atoms with van der Waals surface area (Å²) in [6.07, 6.45) is 1.68. The van der Waals surface area contributed by atoms with Gasteiger partial charge in [0.05, 0.1) is 17.3 Å². The number of nitrogens with one attached hydrogen (secondary N) is 1. The first-order valence-corrected chi connectivity index (χ1v) is 7.21. The van der Waals surface area contributed by atoms with Gasteiger partial charge in [-0.3, -0.25) is 11.3 Å². The van der Waals surface area contributed by atoms with Gasteiger partial charge >= 0.3 is 0 Å². The molecule has 5 heteroatoms. The lowest BCUT2D eigenvalue weighted by Gasteiger charge is -2.15. The van der Waals surface area contributed by atoms with Gasteiger partial charge in [0.15, 0.2) is 0 Å². The van der Waals surface area contributed by atoms with Gasteiger partial charge < -0.3 is 4.74 Å². The fourth-order valence-corrected chi connectivity index (χ4v) is 2.46. The summed E-state index contributed by atoms with van der Waals surface area (Å²) in [5, 5.41) is 3.17. The summed E-state index contributed by atoms with van der Waals surface area (Å²) in [7, 11) is 0. The van der Waals surface area contributed by atoms with Crippen molar-refractivity contribution in [3.63, 3.8) is 0 Å². The Morgan fingerprint density at radius 2 is 2.16 bits per heavy atom. The van der Waals surface area contributed by atoms with Gasteiger partial charge in [0, 0.05) is 17.8 Å².